The van der Waals surface area contributed by atoms with Gasteiger partial charge in [0.05, 0.1) is 26.4 Å². The molecule has 0 aromatic heterocycles. The molecule has 0 bridgehead atoms. The summed E-state index contributed by atoms with van der Waals surface area (Å²) in [6, 6.07) is 0. The van der Waals surface area contributed by atoms with Gasteiger partial charge in [-0.15, -0.1) is 0 Å². The number of hydrogen-bond acceptors (Lipinski definition) is 15. The summed E-state index contributed by atoms with van der Waals surface area (Å²) in [5, 5.41) is 10.6. The molecule has 0 rings (SSSR count). The van der Waals surface area contributed by atoms with Gasteiger partial charge in [0.25, 0.3) is 0 Å². The van der Waals surface area contributed by atoms with Crippen LogP contribution in [0.2, 0.25) is 0 Å². The Kier molecular flexibility index (Phi) is 69.6. The molecule has 0 amide bonds. The Morgan fingerprint density at radius 3 is 0.703 bits per heavy atom. The molecule has 0 aromatic rings. The van der Waals surface area contributed by atoms with E-state index in [1.54, 1.807) is 0 Å². The standard InChI is InChI=1S/C82H160O17P2/c1-9-75(8)61-53-45-37-28-21-16-14-12-10-11-13-15-17-23-30-40-48-56-64-81(86)98-77(68-92-79(84)62-54-46-38-29-22-19-18-20-26-34-42-50-58-72(2)3)70-96-100(88,89)94-66-76(83)67-95-101(90,91)97-71-78(69-93-80(85)63-55-47-39-33-32-36-44-52-60-74(6)7)99-82(87)65-57-49-41-31-25-24-27-35-43-51-59-73(4)5/h72-78,83H,9-71H2,1-8H3,(H,88,89)(H,90,91)/t75?,76?,77-,78-/m1/s1. The summed E-state index contributed by atoms with van der Waals surface area (Å²) in [6.45, 7) is 14.3. The lowest BCUT2D eigenvalue weighted by molar-refractivity contribution is -0.161. The van der Waals surface area contributed by atoms with Crippen molar-refractivity contribution < 1.29 is 80.2 Å². The van der Waals surface area contributed by atoms with Crippen molar-refractivity contribution in [3.05, 3.63) is 0 Å². The molecule has 0 saturated carbocycles. The fourth-order valence-corrected chi connectivity index (χ4v) is 14.2. The summed E-state index contributed by atoms with van der Waals surface area (Å²) in [7, 11) is -9.92. The largest absolute Gasteiger partial charge is 0.472 e. The number of phosphoric acid groups is 2. The number of carbonyl (C=O) groups excluding carboxylic acids is 4. The van der Waals surface area contributed by atoms with E-state index in [4.69, 9.17) is 37.0 Å². The van der Waals surface area contributed by atoms with Gasteiger partial charge in [0.15, 0.2) is 12.2 Å². The van der Waals surface area contributed by atoms with Crippen LogP contribution < -0.4 is 0 Å². The second-order valence-corrected chi connectivity index (χ2v) is 34.1. The minimum Gasteiger partial charge on any atom is -0.462 e. The highest BCUT2D eigenvalue weighted by Crippen LogP contribution is 2.45. The Labute approximate surface area is 619 Å². The average molecular weight is 1480 g/mol. The number of esters is 4. The fourth-order valence-electron chi connectivity index (χ4n) is 12.6. The van der Waals surface area contributed by atoms with Crippen LogP contribution >= 0.6 is 15.6 Å². The highest BCUT2D eigenvalue weighted by atomic mass is 31.2. The SMILES string of the molecule is CCC(C)CCCCCCCCCCCCCCCCCCCCC(=O)O[C@H](COC(=O)CCCCCCCCCCCCCCC(C)C)COP(=O)(O)OCC(O)COP(=O)(O)OC[C@@H](COC(=O)CCCCCCCCCCC(C)C)OC(=O)CCCCCCCCCCCCC(C)C. The third-order valence-electron chi connectivity index (χ3n) is 19.4. The number of carbonyl (C=O) groups is 4. The van der Waals surface area contributed by atoms with E-state index in [1.807, 2.05) is 0 Å². The Bertz CT molecular complexity index is 1970. The molecule has 0 aliphatic rings. The number of rotatable bonds is 79. The van der Waals surface area contributed by atoms with Crippen molar-refractivity contribution >= 4 is 39.5 Å². The second kappa shape index (κ2) is 71.0. The van der Waals surface area contributed by atoms with E-state index >= 15 is 0 Å². The Morgan fingerprint density at radius 1 is 0.277 bits per heavy atom. The van der Waals surface area contributed by atoms with Gasteiger partial charge in [-0.05, 0) is 49.4 Å². The van der Waals surface area contributed by atoms with Crippen LogP contribution in [0.4, 0.5) is 0 Å². The summed E-state index contributed by atoms with van der Waals surface area (Å²) in [5.74, 6) is 1.02. The predicted molar refractivity (Wildman–Crippen MR) is 414 cm³/mol. The first-order valence-corrected chi connectivity index (χ1v) is 45.2. The zero-order chi connectivity index (χ0) is 74.6. The molecule has 0 radical (unpaired) electrons. The molecule has 6 atom stereocenters. The Morgan fingerprint density at radius 2 is 0.475 bits per heavy atom. The smallest absolute Gasteiger partial charge is 0.462 e. The van der Waals surface area contributed by atoms with Gasteiger partial charge >= 0.3 is 39.5 Å². The number of aliphatic hydroxyl groups excluding tert-OH is 1. The van der Waals surface area contributed by atoms with Crippen molar-refractivity contribution in [1.29, 1.82) is 0 Å². The van der Waals surface area contributed by atoms with Gasteiger partial charge in [0, 0.05) is 25.7 Å². The topological polar surface area (TPSA) is 237 Å². The molecule has 17 nitrogen and oxygen atoms in total. The van der Waals surface area contributed by atoms with Crippen LogP contribution in [0.3, 0.4) is 0 Å². The molecule has 0 heterocycles. The summed E-state index contributed by atoms with van der Waals surface area (Å²) in [5.41, 5.74) is 0. The van der Waals surface area contributed by atoms with Crippen LogP contribution in [0.1, 0.15) is 421 Å². The minimum atomic E-state index is -4.96. The molecule has 600 valence electrons. The first-order valence-electron chi connectivity index (χ1n) is 42.2. The molecule has 0 spiro atoms. The monoisotopic (exact) mass is 1480 g/mol. The average Bonchev–Trinajstić information content (AvgIpc) is 1.04. The third kappa shape index (κ3) is 74.7. The van der Waals surface area contributed by atoms with E-state index in [0.717, 1.165) is 114 Å². The van der Waals surface area contributed by atoms with Crippen molar-refractivity contribution in [2.75, 3.05) is 39.6 Å². The third-order valence-corrected chi connectivity index (χ3v) is 21.3. The van der Waals surface area contributed by atoms with Crippen LogP contribution in [-0.2, 0) is 65.4 Å². The van der Waals surface area contributed by atoms with Crippen LogP contribution in [0.15, 0.2) is 0 Å². The lowest BCUT2D eigenvalue weighted by Gasteiger charge is -2.21. The second-order valence-electron chi connectivity index (χ2n) is 31.2. The highest BCUT2D eigenvalue weighted by molar-refractivity contribution is 7.47. The van der Waals surface area contributed by atoms with E-state index in [-0.39, 0.29) is 25.7 Å². The summed E-state index contributed by atoms with van der Waals surface area (Å²) >= 11 is 0. The summed E-state index contributed by atoms with van der Waals surface area (Å²) in [6.07, 6.45) is 58.3. The molecule has 0 aromatic carbocycles. The molecule has 0 aliphatic carbocycles. The van der Waals surface area contributed by atoms with E-state index in [2.05, 4.69) is 55.4 Å². The van der Waals surface area contributed by atoms with Gasteiger partial charge in [0.2, 0.25) is 0 Å². The van der Waals surface area contributed by atoms with E-state index in [0.29, 0.717) is 25.7 Å². The van der Waals surface area contributed by atoms with Crippen LogP contribution in [0, 0.1) is 23.7 Å². The van der Waals surface area contributed by atoms with Gasteiger partial charge in [-0.25, -0.2) is 9.13 Å². The Hall–Kier alpha value is -1.94. The molecule has 0 fully saturated rings. The minimum absolute atomic E-state index is 0.105. The number of aliphatic hydroxyl groups is 1. The molecular formula is C82H160O17P2. The molecule has 101 heavy (non-hydrogen) atoms. The maximum absolute atomic E-state index is 13.1. The molecule has 0 saturated heterocycles. The van der Waals surface area contributed by atoms with Gasteiger partial charge in [-0.3, -0.25) is 37.3 Å². The van der Waals surface area contributed by atoms with Crippen LogP contribution in [0.5, 0.6) is 0 Å². The molecule has 4 unspecified atom stereocenters. The van der Waals surface area contributed by atoms with Crippen molar-refractivity contribution in [3.8, 4) is 0 Å². The Balaban J connectivity index is 5.23. The molecule has 0 aliphatic heterocycles. The zero-order valence-electron chi connectivity index (χ0n) is 66.5. The summed E-state index contributed by atoms with van der Waals surface area (Å²) < 4.78 is 68.7. The maximum atomic E-state index is 13.1. The van der Waals surface area contributed by atoms with Crippen molar-refractivity contribution in [1.82, 2.24) is 0 Å². The molecule has 3 N–H and O–H groups in total. The van der Waals surface area contributed by atoms with Gasteiger partial charge < -0.3 is 33.8 Å². The number of ether oxygens (including phenoxy) is 4. The lowest BCUT2D eigenvalue weighted by Crippen LogP contribution is -2.30. The van der Waals surface area contributed by atoms with Crippen LogP contribution in [-0.4, -0.2) is 96.7 Å². The lowest BCUT2D eigenvalue weighted by atomic mass is 9.99. The van der Waals surface area contributed by atoms with Crippen molar-refractivity contribution in [2.45, 2.75) is 440 Å². The first kappa shape index (κ1) is 99.1. The first-order chi connectivity index (χ1) is 48.6. The highest BCUT2D eigenvalue weighted by Gasteiger charge is 2.30. The molecular weight excluding hydrogens is 1320 g/mol. The normalized spacial score (nSPS) is 14.3. The predicted octanol–water partition coefficient (Wildman–Crippen LogP) is 24.4. The zero-order valence-corrected chi connectivity index (χ0v) is 68.3. The maximum Gasteiger partial charge on any atom is 0.472 e. The summed E-state index contributed by atoms with van der Waals surface area (Å²) in [4.78, 5) is 73.0. The number of phosphoric ester groups is 2. The van der Waals surface area contributed by atoms with E-state index in [9.17, 15) is 43.2 Å². The van der Waals surface area contributed by atoms with Crippen molar-refractivity contribution in [3.63, 3.8) is 0 Å². The van der Waals surface area contributed by atoms with Crippen LogP contribution in [0.25, 0.3) is 0 Å². The molecule has 19 heteroatoms. The number of hydrogen-bond donors (Lipinski definition) is 3. The quantitative estimate of drug-likeness (QED) is 0.0222. The van der Waals surface area contributed by atoms with E-state index < -0.39 is 97.5 Å². The van der Waals surface area contributed by atoms with E-state index in [1.165, 1.54) is 225 Å². The fraction of sp³-hybridized carbons (Fsp3) is 0.951. The van der Waals surface area contributed by atoms with Crippen molar-refractivity contribution in [2.24, 2.45) is 23.7 Å². The van der Waals surface area contributed by atoms with Gasteiger partial charge in [-0.1, -0.05) is 370 Å². The number of unbranched alkanes of at least 4 members (excludes halogenated alkanes) is 44. The van der Waals surface area contributed by atoms with Gasteiger partial charge in [-0.2, -0.15) is 0 Å². The van der Waals surface area contributed by atoms with Gasteiger partial charge in [0.1, 0.15) is 19.3 Å².